The van der Waals surface area contributed by atoms with E-state index in [1.165, 1.54) is 41.3 Å². The number of sulfonamides is 1. The summed E-state index contributed by atoms with van der Waals surface area (Å²) in [6.07, 6.45) is 0.709. The van der Waals surface area contributed by atoms with Gasteiger partial charge < -0.3 is 10.2 Å². The van der Waals surface area contributed by atoms with Gasteiger partial charge in [0.05, 0.1) is 10.6 Å². The molecule has 3 aromatic rings. The molecule has 1 N–H and O–H groups in total. The van der Waals surface area contributed by atoms with E-state index in [4.69, 9.17) is 0 Å². The van der Waals surface area contributed by atoms with Gasteiger partial charge >= 0.3 is 0 Å². The molecule has 0 aromatic heterocycles. The molecule has 0 radical (unpaired) electrons. The summed E-state index contributed by atoms with van der Waals surface area (Å²) in [5.74, 6) is -1.35. The fourth-order valence-corrected chi connectivity index (χ4v) is 5.39. The van der Waals surface area contributed by atoms with Gasteiger partial charge in [0.25, 0.3) is 10.0 Å². The van der Waals surface area contributed by atoms with Crippen molar-refractivity contribution in [3.63, 3.8) is 0 Å². The number of nitrogens with one attached hydrogen (secondary N) is 1. The molecule has 0 fully saturated rings. The van der Waals surface area contributed by atoms with E-state index in [1.807, 2.05) is 27.7 Å². The van der Waals surface area contributed by atoms with Gasteiger partial charge in [0, 0.05) is 12.6 Å². The summed E-state index contributed by atoms with van der Waals surface area (Å²) in [6.45, 7) is 8.67. The predicted octanol–water partition coefficient (Wildman–Crippen LogP) is 4.97. The molecule has 0 aliphatic heterocycles. The molecule has 0 saturated heterocycles. The molecule has 3 aromatic carbocycles. The lowest BCUT2D eigenvalue weighted by atomic mass is 10.1. The highest BCUT2D eigenvalue weighted by Gasteiger charge is 2.32. The molecular formula is C30H36FN3O4S. The molecule has 9 heteroatoms. The minimum absolute atomic E-state index is 0.000353. The van der Waals surface area contributed by atoms with Gasteiger partial charge in [-0.05, 0) is 87.2 Å². The Kier molecular flexibility index (Phi) is 9.86. The van der Waals surface area contributed by atoms with E-state index >= 15 is 0 Å². The number of halogens is 1. The highest BCUT2D eigenvalue weighted by atomic mass is 32.2. The SMILES string of the molecule is CCC(C)NC(=O)C(C)N(Cc1ccc(F)cc1)C(=O)CN(c1ccc(C)c(C)c1)S(=O)(=O)c1ccccc1. The third-order valence-electron chi connectivity index (χ3n) is 6.82. The summed E-state index contributed by atoms with van der Waals surface area (Å²) in [5.41, 5.74) is 2.80. The molecular weight excluding hydrogens is 517 g/mol. The number of amides is 2. The van der Waals surface area contributed by atoms with Gasteiger partial charge in [0.1, 0.15) is 18.4 Å². The quantitative estimate of drug-likeness (QED) is 0.363. The van der Waals surface area contributed by atoms with E-state index in [2.05, 4.69) is 5.32 Å². The average molecular weight is 554 g/mol. The van der Waals surface area contributed by atoms with Gasteiger partial charge in [-0.15, -0.1) is 0 Å². The van der Waals surface area contributed by atoms with Crippen LogP contribution in [0.15, 0.2) is 77.7 Å². The minimum Gasteiger partial charge on any atom is -0.352 e. The van der Waals surface area contributed by atoms with Gasteiger partial charge in [-0.2, -0.15) is 0 Å². The Morgan fingerprint density at radius 1 is 0.923 bits per heavy atom. The Bertz CT molecular complexity index is 1400. The van der Waals surface area contributed by atoms with E-state index < -0.39 is 34.3 Å². The van der Waals surface area contributed by atoms with Gasteiger partial charge in [-0.3, -0.25) is 13.9 Å². The lowest BCUT2D eigenvalue weighted by molar-refractivity contribution is -0.139. The summed E-state index contributed by atoms with van der Waals surface area (Å²) in [6, 6.07) is 17.7. The molecule has 0 heterocycles. The molecule has 0 saturated carbocycles. The maximum atomic E-state index is 13.9. The highest BCUT2D eigenvalue weighted by molar-refractivity contribution is 7.92. The number of hydrogen-bond acceptors (Lipinski definition) is 4. The number of rotatable bonds is 11. The van der Waals surface area contributed by atoms with Crippen LogP contribution in [0, 0.1) is 19.7 Å². The van der Waals surface area contributed by atoms with Crippen LogP contribution in [0.4, 0.5) is 10.1 Å². The van der Waals surface area contributed by atoms with Crippen molar-refractivity contribution in [2.24, 2.45) is 0 Å². The van der Waals surface area contributed by atoms with Gasteiger partial charge in [-0.1, -0.05) is 43.3 Å². The zero-order valence-electron chi connectivity index (χ0n) is 23.0. The van der Waals surface area contributed by atoms with Crippen molar-refractivity contribution >= 4 is 27.5 Å². The number of aryl methyl sites for hydroxylation is 2. The van der Waals surface area contributed by atoms with Gasteiger partial charge in [0.15, 0.2) is 0 Å². The second-order valence-electron chi connectivity index (χ2n) is 9.74. The molecule has 2 atom stereocenters. The van der Waals surface area contributed by atoms with Crippen molar-refractivity contribution in [1.82, 2.24) is 10.2 Å². The first-order chi connectivity index (χ1) is 18.4. The van der Waals surface area contributed by atoms with E-state index in [-0.39, 0.29) is 23.4 Å². The number of nitrogens with zero attached hydrogens (tertiary/aromatic N) is 2. The average Bonchev–Trinajstić information content (AvgIpc) is 2.92. The van der Waals surface area contributed by atoms with Crippen molar-refractivity contribution in [2.45, 2.75) is 64.6 Å². The van der Waals surface area contributed by atoms with Crippen molar-refractivity contribution < 1.29 is 22.4 Å². The van der Waals surface area contributed by atoms with Crippen LogP contribution in [-0.2, 0) is 26.2 Å². The Labute approximate surface area is 230 Å². The minimum atomic E-state index is -4.12. The largest absolute Gasteiger partial charge is 0.352 e. The highest BCUT2D eigenvalue weighted by Crippen LogP contribution is 2.26. The maximum Gasteiger partial charge on any atom is 0.264 e. The number of carbonyl (C=O) groups is 2. The van der Waals surface area contributed by atoms with Crippen LogP contribution < -0.4 is 9.62 Å². The van der Waals surface area contributed by atoms with Crippen molar-refractivity contribution in [1.29, 1.82) is 0 Å². The molecule has 7 nitrogen and oxygen atoms in total. The smallest absolute Gasteiger partial charge is 0.264 e. The number of anilines is 1. The Balaban J connectivity index is 2.03. The van der Waals surface area contributed by atoms with Gasteiger partial charge in [-0.25, -0.2) is 12.8 Å². The third-order valence-corrected chi connectivity index (χ3v) is 8.61. The van der Waals surface area contributed by atoms with E-state index in [0.717, 1.165) is 15.4 Å². The predicted molar refractivity (Wildman–Crippen MR) is 151 cm³/mol. The maximum absolute atomic E-state index is 13.9. The number of hydrogen-bond donors (Lipinski definition) is 1. The number of benzene rings is 3. The molecule has 2 amide bonds. The fraction of sp³-hybridized carbons (Fsp3) is 0.333. The summed E-state index contributed by atoms with van der Waals surface area (Å²) in [4.78, 5) is 28.3. The van der Waals surface area contributed by atoms with E-state index in [9.17, 15) is 22.4 Å². The Morgan fingerprint density at radius 3 is 2.15 bits per heavy atom. The van der Waals surface area contributed by atoms with Crippen LogP contribution in [0.25, 0.3) is 0 Å². The van der Waals surface area contributed by atoms with E-state index in [0.29, 0.717) is 17.7 Å². The normalized spacial score (nSPS) is 12.9. The summed E-state index contributed by atoms with van der Waals surface area (Å²) in [5, 5.41) is 2.89. The molecule has 0 bridgehead atoms. The zero-order valence-corrected chi connectivity index (χ0v) is 23.8. The monoisotopic (exact) mass is 553 g/mol. The molecule has 0 aliphatic rings. The first-order valence-electron chi connectivity index (χ1n) is 12.9. The first kappa shape index (κ1) is 29.8. The topological polar surface area (TPSA) is 86.8 Å². The summed E-state index contributed by atoms with van der Waals surface area (Å²) in [7, 11) is -4.12. The third kappa shape index (κ3) is 7.44. The second-order valence-corrected chi connectivity index (χ2v) is 11.6. The van der Waals surface area contributed by atoms with Gasteiger partial charge in [0.2, 0.25) is 11.8 Å². The van der Waals surface area contributed by atoms with E-state index in [1.54, 1.807) is 43.3 Å². The Hall–Kier alpha value is -3.72. The standard InChI is InChI=1S/C30H36FN3O4S/c1-6-23(4)32-30(36)24(5)33(19-25-13-15-26(31)16-14-25)29(35)20-34(27-17-12-21(2)22(3)18-27)39(37,38)28-10-8-7-9-11-28/h7-18,23-24H,6,19-20H2,1-5H3,(H,32,36). The summed E-state index contributed by atoms with van der Waals surface area (Å²) >= 11 is 0. The van der Waals surface area contributed by atoms with Crippen LogP contribution in [0.3, 0.4) is 0 Å². The van der Waals surface area contributed by atoms with Crippen molar-refractivity contribution in [3.8, 4) is 0 Å². The summed E-state index contributed by atoms with van der Waals surface area (Å²) < 4.78 is 42.2. The van der Waals surface area contributed by atoms with Crippen LogP contribution in [-0.4, -0.2) is 43.8 Å². The van der Waals surface area contributed by atoms with Crippen LogP contribution >= 0.6 is 0 Å². The zero-order chi connectivity index (χ0) is 28.7. The molecule has 208 valence electrons. The molecule has 2 unspecified atom stereocenters. The first-order valence-corrected chi connectivity index (χ1v) is 14.4. The second kappa shape index (κ2) is 12.9. The molecule has 0 aliphatic carbocycles. The lowest BCUT2D eigenvalue weighted by Gasteiger charge is -2.32. The lowest BCUT2D eigenvalue weighted by Crippen LogP contribution is -2.52. The molecule has 3 rings (SSSR count). The van der Waals surface area contributed by atoms with Crippen molar-refractivity contribution in [3.05, 3.63) is 95.3 Å². The van der Waals surface area contributed by atoms with Crippen LogP contribution in [0.5, 0.6) is 0 Å². The Morgan fingerprint density at radius 2 is 1.56 bits per heavy atom. The van der Waals surface area contributed by atoms with Crippen LogP contribution in [0.1, 0.15) is 43.9 Å². The van der Waals surface area contributed by atoms with Crippen LogP contribution in [0.2, 0.25) is 0 Å². The molecule has 0 spiro atoms. The fourth-order valence-electron chi connectivity index (χ4n) is 3.96. The van der Waals surface area contributed by atoms with Crippen molar-refractivity contribution in [2.75, 3.05) is 10.8 Å². The number of carbonyl (C=O) groups excluding carboxylic acids is 2. The molecule has 39 heavy (non-hydrogen) atoms.